The van der Waals surface area contributed by atoms with Gasteiger partial charge in [0.25, 0.3) is 0 Å². The predicted octanol–water partition coefficient (Wildman–Crippen LogP) is 4.37. The molecule has 1 atom stereocenters. The molecule has 1 fully saturated rings. The molecular formula is C19H18ClF3N2O2. The Morgan fingerprint density at radius 3 is 2.41 bits per heavy atom. The minimum atomic E-state index is -4.60. The van der Waals surface area contributed by atoms with Gasteiger partial charge in [-0.25, -0.2) is 0 Å². The first-order valence-corrected chi connectivity index (χ1v) is 8.78. The molecule has 1 saturated heterocycles. The number of amides is 1. The van der Waals surface area contributed by atoms with Gasteiger partial charge in [-0.05, 0) is 23.8 Å². The molecule has 3 rings (SSSR count). The number of halogens is 4. The Labute approximate surface area is 159 Å². The third-order valence-electron chi connectivity index (χ3n) is 4.31. The van der Waals surface area contributed by atoms with E-state index in [2.05, 4.69) is 5.32 Å². The van der Waals surface area contributed by atoms with Crippen LogP contribution in [0.15, 0.2) is 48.5 Å². The largest absolute Gasteiger partial charge is 0.417 e. The molecule has 0 bridgehead atoms. The SMILES string of the molecule is O=C(Nc1ccc(Cl)c(C(F)(F)F)c1)C(c1ccccc1)N1CCOCC1. The zero-order valence-electron chi connectivity index (χ0n) is 14.3. The first kappa shape index (κ1) is 19.7. The third-order valence-corrected chi connectivity index (χ3v) is 4.64. The van der Waals surface area contributed by atoms with Gasteiger partial charge in [0.2, 0.25) is 5.91 Å². The fraction of sp³-hybridized carbons (Fsp3) is 0.316. The van der Waals surface area contributed by atoms with E-state index in [1.54, 1.807) is 0 Å². The van der Waals surface area contributed by atoms with E-state index in [4.69, 9.17) is 16.3 Å². The fourth-order valence-corrected chi connectivity index (χ4v) is 3.25. The van der Waals surface area contributed by atoms with Crippen LogP contribution in [0.2, 0.25) is 5.02 Å². The van der Waals surface area contributed by atoms with Gasteiger partial charge in [0.1, 0.15) is 6.04 Å². The van der Waals surface area contributed by atoms with Crippen molar-refractivity contribution in [3.8, 4) is 0 Å². The molecule has 1 aliphatic heterocycles. The molecule has 8 heteroatoms. The molecule has 1 aliphatic rings. The second-order valence-electron chi connectivity index (χ2n) is 6.14. The Morgan fingerprint density at radius 2 is 1.78 bits per heavy atom. The average Bonchev–Trinajstić information content (AvgIpc) is 2.64. The number of alkyl halides is 3. The maximum absolute atomic E-state index is 13.1. The molecule has 4 nitrogen and oxygen atoms in total. The molecule has 0 aliphatic carbocycles. The van der Waals surface area contributed by atoms with Crippen molar-refractivity contribution in [2.45, 2.75) is 12.2 Å². The predicted molar refractivity (Wildman–Crippen MR) is 96.7 cm³/mol. The first-order valence-electron chi connectivity index (χ1n) is 8.40. The number of benzene rings is 2. The van der Waals surface area contributed by atoms with Crippen molar-refractivity contribution < 1.29 is 22.7 Å². The molecule has 1 amide bonds. The number of nitrogens with zero attached hydrogens (tertiary/aromatic N) is 1. The molecule has 0 aromatic heterocycles. The Balaban J connectivity index is 1.87. The molecule has 2 aromatic rings. The normalized spacial score (nSPS) is 16.7. The van der Waals surface area contributed by atoms with Gasteiger partial charge in [-0.3, -0.25) is 9.69 Å². The van der Waals surface area contributed by atoms with Crippen LogP contribution in [0, 0.1) is 0 Å². The van der Waals surface area contributed by atoms with Gasteiger partial charge in [0.15, 0.2) is 0 Å². The van der Waals surface area contributed by atoms with Crippen LogP contribution in [-0.4, -0.2) is 37.1 Å². The van der Waals surface area contributed by atoms with E-state index in [1.807, 2.05) is 35.2 Å². The van der Waals surface area contributed by atoms with E-state index in [0.717, 1.165) is 17.7 Å². The lowest BCUT2D eigenvalue weighted by Crippen LogP contribution is -2.43. The minimum absolute atomic E-state index is 0.0471. The van der Waals surface area contributed by atoms with E-state index in [0.29, 0.717) is 26.3 Å². The monoisotopic (exact) mass is 398 g/mol. The summed E-state index contributed by atoms with van der Waals surface area (Å²) < 4.78 is 44.5. The number of carbonyl (C=O) groups excluding carboxylic acids is 1. The van der Waals surface area contributed by atoms with Crippen LogP contribution in [-0.2, 0) is 15.7 Å². The Bertz CT molecular complexity index is 793. The van der Waals surface area contributed by atoms with Crippen molar-refractivity contribution in [1.29, 1.82) is 0 Å². The number of hydrogen-bond acceptors (Lipinski definition) is 3. The van der Waals surface area contributed by atoms with Gasteiger partial charge >= 0.3 is 6.18 Å². The second-order valence-corrected chi connectivity index (χ2v) is 6.55. The highest BCUT2D eigenvalue weighted by atomic mass is 35.5. The molecule has 2 aromatic carbocycles. The Hall–Kier alpha value is -2.09. The summed E-state index contributed by atoms with van der Waals surface area (Å²) in [5.41, 5.74) is -0.169. The lowest BCUT2D eigenvalue weighted by atomic mass is 10.0. The molecule has 0 spiro atoms. The van der Waals surface area contributed by atoms with E-state index < -0.39 is 28.7 Å². The molecule has 0 saturated carbocycles. The topological polar surface area (TPSA) is 41.6 Å². The molecule has 0 radical (unpaired) electrons. The number of morpholine rings is 1. The summed E-state index contributed by atoms with van der Waals surface area (Å²) in [6.45, 7) is 2.11. The van der Waals surface area contributed by atoms with Gasteiger partial charge in [0.05, 0.1) is 23.8 Å². The molecule has 27 heavy (non-hydrogen) atoms. The second kappa shape index (κ2) is 8.29. The van der Waals surface area contributed by atoms with Crippen molar-refractivity contribution in [1.82, 2.24) is 4.90 Å². The van der Waals surface area contributed by atoms with Crippen LogP contribution < -0.4 is 5.32 Å². The van der Waals surface area contributed by atoms with Gasteiger partial charge in [0, 0.05) is 18.8 Å². The average molecular weight is 399 g/mol. The summed E-state index contributed by atoms with van der Waals surface area (Å²) in [5.74, 6) is -0.404. The highest BCUT2D eigenvalue weighted by Crippen LogP contribution is 2.36. The van der Waals surface area contributed by atoms with Crippen molar-refractivity contribution in [2.24, 2.45) is 0 Å². The maximum atomic E-state index is 13.1. The molecule has 1 heterocycles. The zero-order valence-corrected chi connectivity index (χ0v) is 15.1. The van der Waals surface area contributed by atoms with Crippen LogP contribution in [0.3, 0.4) is 0 Å². The quantitative estimate of drug-likeness (QED) is 0.831. The number of anilines is 1. The van der Waals surface area contributed by atoms with E-state index in [1.165, 1.54) is 6.07 Å². The minimum Gasteiger partial charge on any atom is -0.379 e. The van der Waals surface area contributed by atoms with Crippen LogP contribution in [0.1, 0.15) is 17.2 Å². The smallest absolute Gasteiger partial charge is 0.379 e. The molecule has 144 valence electrons. The number of rotatable bonds is 4. The zero-order chi connectivity index (χ0) is 19.4. The highest BCUT2D eigenvalue weighted by molar-refractivity contribution is 6.31. The Morgan fingerprint density at radius 1 is 1.11 bits per heavy atom. The lowest BCUT2D eigenvalue weighted by Gasteiger charge is -2.33. The summed E-state index contributed by atoms with van der Waals surface area (Å²) in [7, 11) is 0. The van der Waals surface area contributed by atoms with Gasteiger partial charge < -0.3 is 10.1 Å². The number of nitrogens with one attached hydrogen (secondary N) is 1. The lowest BCUT2D eigenvalue weighted by molar-refractivity contribution is -0.137. The molecular weight excluding hydrogens is 381 g/mol. The fourth-order valence-electron chi connectivity index (χ4n) is 3.03. The van der Waals surface area contributed by atoms with Gasteiger partial charge in [-0.2, -0.15) is 13.2 Å². The van der Waals surface area contributed by atoms with Crippen molar-refractivity contribution in [3.05, 3.63) is 64.7 Å². The Kier molecular flexibility index (Phi) is 6.04. The summed E-state index contributed by atoms with van der Waals surface area (Å²) in [4.78, 5) is 14.9. The van der Waals surface area contributed by atoms with E-state index >= 15 is 0 Å². The highest BCUT2D eigenvalue weighted by Gasteiger charge is 2.34. The summed E-state index contributed by atoms with van der Waals surface area (Å²) >= 11 is 5.64. The standard InChI is InChI=1S/C19H18ClF3N2O2/c20-16-7-6-14(12-15(16)19(21,22)23)24-18(26)17(13-4-2-1-3-5-13)25-8-10-27-11-9-25/h1-7,12,17H,8-11H2,(H,24,26). The van der Waals surface area contributed by atoms with Crippen molar-refractivity contribution in [2.75, 3.05) is 31.6 Å². The van der Waals surface area contributed by atoms with E-state index in [-0.39, 0.29) is 5.69 Å². The summed E-state index contributed by atoms with van der Waals surface area (Å²) in [5, 5.41) is 2.19. The number of carbonyl (C=O) groups is 1. The van der Waals surface area contributed by atoms with Crippen LogP contribution in [0.25, 0.3) is 0 Å². The van der Waals surface area contributed by atoms with Crippen molar-refractivity contribution in [3.63, 3.8) is 0 Å². The first-order chi connectivity index (χ1) is 12.9. The molecule has 1 N–H and O–H groups in total. The molecule has 1 unspecified atom stereocenters. The van der Waals surface area contributed by atoms with Crippen LogP contribution in [0.5, 0.6) is 0 Å². The summed E-state index contributed by atoms with van der Waals surface area (Å²) in [6.07, 6.45) is -4.60. The van der Waals surface area contributed by atoms with E-state index in [9.17, 15) is 18.0 Å². The van der Waals surface area contributed by atoms with Crippen LogP contribution >= 0.6 is 11.6 Å². The van der Waals surface area contributed by atoms with Crippen LogP contribution in [0.4, 0.5) is 18.9 Å². The maximum Gasteiger partial charge on any atom is 0.417 e. The van der Waals surface area contributed by atoms with Gasteiger partial charge in [-0.15, -0.1) is 0 Å². The van der Waals surface area contributed by atoms with Crippen molar-refractivity contribution >= 4 is 23.2 Å². The summed E-state index contributed by atoms with van der Waals surface area (Å²) in [6, 6.07) is 11.8. The number of hydrogen-bond donors (Lipinski definition) is 1. The number of ether oxygens (including phenoxy) is 1. The third kappa shape index (κ3) is 4.80. The van der Waals surface area contributed by atoms with Gasteiger partial charge in [-0.1, -0.05) is 41.9 Å².